The summed E-state index contributed by atoms with van der Waals surface area (Å²) in [6.07, 6.45) is 6.33. The summed E-state index contributed by atoms with van der Waals surface area (Å²) in [6, 6.07) is 5.96. The quantitative estimate of drug-likeness (QED) is 0.831. The molecule has 0 bridgehead atoms. The lowest BCUT2D eigenvalue weighted by Crippen LogP contribution is -2.46. The summed E-state index contributed by atoms with van der Waals surface area (Å²) in [6.45, 7) is 4.53. The second-order valence-electron chi connectivity index (χ2n) is 7.96. The van der Waals surface area contributed by atoms with E-state index in [9.17, 15) is 9.90 Å². The van der Waals surface area contributed by atoms with Crippen molar-refractivity contribution in [1.29, 1.82) is 0 Å². The lowest BCUT2D eigenvalue weighted by Gasteiger charge is -2.51. The van der Waals surface area contributed by atoms with Crippen molar-refractivity contribution in [2.75, 3.05) is 0 Å². The van der Waals surface area contributed by atoms with E-state index in [1.54, 1.807) is 0 Å². The topological polar surface area (TPSA) is 37.3 Å². The maximum absolute atomic E-state index is 12.5. The van der Waals surface area contributed by atoms with Gasteiger partial charge in [-0.15, -0.1) is 0 Å². The molecule has 0 unspecified atom stereocenters. The highest BCUT2D eigenvalue weighted by Gasteiger charge is 2.56. The Hall–Kier alpha value is -1.31. The van der Waals surface area contributed by atoms with Gasteiger partial charge in [-0.3, -0.25) is 4.79 Å². The van der Waals surface area contributed by atoms with Crippen molar-refractivity contribution < 1.29 is 9.90 Å². The molecule has 3 aliphatic rings. The number of aromatic hydroxyl groups is 1. The van der Waals surface area contributed by atoms with E-state index in [2.05, 4.69) is 19.9 Å². The first-order valence-corrected chi connectivity index (χ1v) is 8.89. The van der Waals surface area contributed by atoms with Gasteiger partial charge >= 0.3 is 0 Å². The highest BCUT2D eigenvalue weighted by Crippen LogP contribution is 2.61. The van der Waals surface area contributed by atoms with Crippen molar-refractivity contribution in [2.45, 2.75) is 58.3 Å². The maximum atomic E-state index is 12.5. The van der Waals surface area contributed by atoms with Crippen molar-refractivity contribution in [2.24, 2.45) is 23.2 Å². The first-order valence-electron chi connectivity index (χ1n) is 8.89. The largest absolute Gasteiger partial charge is 0.508 e. The highest BCUT2D eigenvalue weighted by molar-refractivity contribution is 5.87. The lowest BCUT2D eigenvalue weighted by atomic mass is 9.52. The molecule has 0 spiro atoms. The van der Waals surface area contributed by atoms with Crippen LogP contribution in [0.3, 0.4) is 0 Å². The third kappa shape index (κ3) is 1.82. The molecular formula is C20H26O2. The molecule has 1 aromatic rings. The van der Waals surface area contributed by atoms with Crippen LogP contribution in [-0.4, -0.2) is 10.9 Å². The van der Waals surface area contributed by atoms with E-state index in [4.69, 9.17) is 0 Å². The van der Waals surface area contributed by atoms with E-state index in [0.29, 0.717) is 35.2 Å². The van der Waals surface area contributed by atoms with Crippen molar-refractivity contribution in [1.82, 2.24) is 0 Å². The van der Waals surface area contributed by atoms with E-state index in [1.165, 1.54) is 17.5 Å². The maximum Gasteiger partial charge on any atom is 0.139 e. The molecule has 2 nitrogen and oxygen atoms in total. The molecule has 0 aromatic heterocycles. The number of carbonyl (C=O) groups is 1. The Morgan fingerprint density at radius 3 is 2.91 bits per heavy atom. The normalized spacial score (nSPS) is 40.0. The predicted molar refractivity (Wildman–Crippen MR) is 86.9 cm³/mol. The zero-order valence-corrected chi connectivity index (χ0v) is 13.6. The molecule has 3 aliphatic carbocycles. The summed E-state index contributed by atoms with van der Waals surface area (Å²) in [5.74, 6) is 3.40. The van der Waals surface area contributed by atoms with Gasteiger partial charge in [-0.05, 0) is 72.6 Å². The number of hydrogen-bond acceptors (Lipinski definition) is 2. The Bertz CT molecular complexity index is 620. The van der Waals surface area contributed by atoms with E-state index in [0.717, 1.165) is 32.1 Å². The van der Waals surface area contributed by atoms with Gasteiger partial charge < -0.3 is 5.11 Å². The fourth-order valence-electron chi connectivity index (χ4n) is 5.95. The molecule has 0 heterocycles. The van der Waals surface area contributed by atoms with Crippen LogP contribution in [0.1, 0.15) is 63.0 Å². The fourth-order valence-corrected chi connectivity index (χ4v) is 5.95. The molecule has 2 heteroatoms. The van der Waals surface area contributed by atoms with Crippen LogP contribution < -0.4 is 0 Å². The van der Waals surface area contributed by atoms with Crippen LogP contribution >= 0.6 is 0 Å². The smallest absolute Gasteiger partial charge is 0.139 e. The molecule has 2 saturated carbocycles. The van der Waals surface area contributed by atoms with Gasteiger partial charge in [0.2, 0.25) is 0 Å². The Kier molecular flexibility index (Phi) is 3.15. The van der Waals surface area contributed by atoms with Gasteiger partial charge in [0.15, 0.2) is 0 Å². The van der Waals surface area contributed by atoms with Crippen LogP contribution in [0.5, 0.6) is 5.75 Å². The van der Waals surface area contributed by atoms with Crippen LogP contribution in [0.25, 0.3) is 0 Å². The standard InChI is InChI=1S/C20H26O2/c1-3-12-10-13-11-14(21)4-5-15(13)16-8-9-20(2)17(19(12)16)6-7-18(20)22/h4-5,11-12,16-17,19,21H,3,6-10H2,1-2H3/t12-,16-,17+,19-,20+/m1/s1. The summed E-state index contributed by atoms with van der Waals surface area (Å²) in [4.78, 5) is 12.5. The molecule has 0 saturated heterocycles. The van der Waals surface area contributed by atoms with Gasteiger partial charge in [0.25, 0.3) is 0 Å². The van der Waals surface area contributed by atoms with Crippen LogP contribution in [0.4, 0.5) is 0 Å². The van der Waals surface area contributed by atoms with Crippen molar-refractivity contribution >= 4 is 5.78 Å². The van der Waals surface area contributed by atoms with E-state index >= 15 is 0 Å². The lowest BCUT2D eigenvalue weighted by molar-refractivity contribution is -0.130. The molecule has 2 fully saturated rings. The highest BCUT2D eigenvalue weighted by atomic mass is 16.3. The van der Waals surface area contributed by atoms with Gasteiger partial charge in [-0.1, -0.05) is 26.3 Å². The van der Waals surface area contributed by atoms with Gasteiger partial charge in [-0.2, -0.15) is 0 Å². The molecular weight excluding hydrogens is 272 g/mol. The molecule has 22 heavy (non-hydrogen) atoms. The Morgan fingerprint density at radius 2 is 2.14 bits per heavy atom. The minimum absolute atomic E-state index is 0.0526. The number of phenols is 1. The molecule has 0 amide bonds. The number of rotatable bonds is 1. The number of fused-ring (bicyclic) bond motifs is 5. The average Bonchev–Trinajstić information content (AvgIpc) is 2.81. The van der Waals surface area contributed by atoms with Crippen molar-refractivity contribution in [3.8, 4) is 5.75 Å². The zero-order valence-electron chi connectivity index (χ0n) is 13.6. The first kappa shape index (κ1) is 14.3. The molecule has 5 atom stereocenters. The third-order valence-corrected chi connectivity index (χ3v) is 7.12. The number of phenolic OH excluding ortho intramolecular Hbond substituents is 1. The third-order valence-electron chi connectivity index (χ3n) is 7.12. The molecule has 118 valence electrons. The van der Waals surface area contributed by atoms with Crippen molar-refractivity contribution in [3.05, 3.63) is 29.3 Å². The Labute approximate surface area is 132 Å². The average molecular weight is 298 g/mol. The van der Waals surface area contributed by atoms with Gasteiger partial charge in [-0.25, -0.2) is 0 Å². The summed E-state index contributed by atoms with van der Waals surface area (Å²) >= 11 is 0. The monoisotopic (exact) mass is 298 g/mol. The number of benzene rings is 1. The summed E-state index contributed by atoms with van der Waals surface area (Å²) < 4.78 is 0. The van der Waals surface area contributed by atoms with Crippen LogP contribution in [0.2, 0.25) is 0 Å². The summed E-state index contributed by atoms with van der Waals surface area (Å²) in [5, 5.41) is 9.82. The molecule has 1 aromatic carbocycles. The molecule has 1 N–H and O–H groups in total. The second-order valence-corrected chi connectivity index (χ2v) is 7.96. The van der Waals surface area contributed by atoms with Gasteiger partial charge in [0, 0.05) is 11.8 Å². The number of carbonyl (C=O) groups excluding carboxylic acids is 1. The van der Waals surface area contributed by atoms with E-state index in [-0.39, 0.29) is 5.41 Å². The molecule has 4 rings (SSSR count). The summed E-state index contributed by atoms with van der Waals surface area (Å²) in [7, 11) is 0. The minimum atomic E-state index is -0.0526. The van der Waals surface area contributed by atoms with Crippen molar-refractivity contribution in [3.63, 3.8) is 0 Å². The van der Waals surface area contributed by atoms with Crippen LogP contribution in [-0.2, 0) is 11.2 Å². The Balaban J connectivity index is 1.79. The van der Waals surface area contributed by atoms with Gasteiger partial charge in [0.1, 0.15) is 11.5 Å². The number of ketones is 1. The van der Waals surface area contributed by atoms with Crippen LogP contribution in [0, 0.1) is 23.2 Å². The molecule has 0 aliphatic heterocycles. The van der Waals surface area contributed by atoms with Gasteiger partial charge in [0.05, 0.1) is 0 Å². The predicted octanol–water partition coefficient (Wildman–Crippen LogP) is 4.45. The van der Waals surface area contributed by atoms with E-state index < -0.39 is 0 Å². The molecule has 0 radical (unpaired) electrons. The van der Waals surface area contributed by atoms with E-state index in [1.807, 2.05) is 12.1 Å². The fraction of sp³-hybridized carbons (Fsp3) is 0.650. The summed E-state index contributed by atoms with van der Waals surface area (Å²) in [5.41, 5.74) is 2.75. The first-order chi connectivity index (χ1) is 10.5. The number of Topliss-reactive ketones (excluding diaryl/α,β-unsaturated/α-hetero) is 1. The zero-order chi connectivity index (χ0) is 15.5. The minimum Gasteiger partial charge on any atom is -0.508 e. The van der Waals surface area contributed by atoms with Crippen LogP contribution in [0.15, 0.2) is 18.2 Å². The Morgan fingerprint density at radius 1 is 1.32 bits per heavy atom. The second kappa shape index (κ2) is 4.84. The number of hydrogen-bond donors (Lipinski definition) is 1. The SMILES string of the molecule is CC[C@@H]1Cc2cc(O)ccc2[C@H]2CC[C@]3(C)C(=O)CC[C@H]3[C@H]12.